The van der Waals surface area contributed by atoms with Crippen molar-refractivity contribution in [1.29, 1.82) is 10.5 Å². The van der Waals surface area contributed by atoms with Gasteiger partial charge in [-0.05, 0) is 25.0 Å². The quantitative estimate of drug-likeness (QED) is 0.401. The average Bonchev–Trinajstić information content (AvgIpc) is 3.22. The Morgan fingerprint density at radius 1 is 1.24 bits per heavy atom. The van der Waals surface area contributed by atoms with Gasteiger partial charge in [0, 0.05) is 34.4 Å². The Kier molecular flexibility index (Phi) is 4.87. The molecule has 29 heavy (non-hydrogen) atoms. The molecule has 0 saturated carbocycles. The number of halogens is 1. The van der Waals surface area contributed by atoms with E-state index in [0.717, 1.165) is 41.7 Å². The van der Waals surface area contributed by atoms with Crippen molar-refractivity contribution in [3.63, 3.8) is 0 Å². The second-order valence-electron chi connectivity index (χ2n) is 6.80. The first kappa shape index (κ1) is 18.8. The molecule has 1 saturated heterocycles. The third-order valence-electron chi connectivity index (χ3n) is 5.09. The van der Waals surface area contributed by atoms with Gasteiger partial charge in [-0.1, -0.05) is 22.0 Å². The maximum atomic E-state index is 9.48. The fourth-order valence-corrected chi connectivity index (χ4v) is 4.13. The number of rotatable bonds is 2. The Balaban J connectivity index is 1.95. The Hall–Kier alpha value is -3.50. The lowest BCUT2D eigenvalue weighted by Crippen LogP contribution is -2.33. The highest BCUT2D eigenvalue weighted by molar-refractivity contribution is 9.10. The van der Waals surface area contributed by atoms with E-state index in [2.05, 4.69) is 47.5 Å². The summed E-state index contributed by atoms with van der Waals surface area (Å²) in [5.74, 6) is 0.659. The van der Waals surface area contributed by atoms with Gasteiger partial charge in [0.2, 0.25) is 5.96 Å². The summed E-state index contributed by atoms with van der Waals surface area (Å²) in [5, 5.41) is 24.0. The molecule has 4 rings (SSSR count). The fourth-order valence-electron chi connectivity index (χ4n) is 3.79. The van der Waals surface area contributed by atoms with Crippen molar-refractivity contribution in [2.45, 2.75) is 18.9 Å². The van der Waals surface area contributed by atoms with Crippen LogP contribution in [-0.4, -0.2) is 24.0 Å². The van der Waals surface area contributed by atoms with Crippen LogP contribution < -0.4 is 27.0 Å². The molecule has 146 valence electrons. The van der Waals surface area contributed by atoms with E-state index in [1.807, 2.05) is 24.4 Å². The van der Waals surface area contributed by atoms with Crippen molar-refractivity contribution in [2.75, 3.05) is 34.8 Å². The van der Waals surface area contributed by atoms with Crippen molar-refractivity contribution in [3.05, 3.63) is 39.4 Å². The molecule has 2 aromatic rings. The van der Waals surface area contributed by atoms with E-state index in [-0.39, 0.29) is 23.0 Å². The van der Waals surface area contributed by atoms with Crippen LogP contribution in [0.2, 0.25) is 0 Å². The number of pyridine rings is 1. The van der Waals surface area contributed by atoms with Gasteiger partial charge in [-0.2, -0.15) is 10.5 Å². The van der Waals surface area contributed by atoms with Crippen LogP contribution in [-0.2, 0) is 0 Å². The minimum absolute atomic E-state index is 0.0313. The zero-order chi connectivity index (χ0) is 20.5. The predicted molar refractivity (Wildman–Crippen MR) is 115 cm³/mol. The number of nitrogens with one attached hydrogen (secondary N) is 2. The largest absolute Gasteiger partial charge is 0.397 e. The monoisotopic (exact) mass is 451 g/mol. The number of hydrogen-bond donors (Lipinski definition) is 4. The molecule has 0 amide bonds. The van der Waals surface area contributed by atoms with Gasteiger partial charge in [-0.25, -0.2) is 9.98 Å². The Labute approximate surface area is 176 Å². The second kappa shape index (κ2) is 7.49. The summed E-state index contributed by atoms with van der Waals surface area (Å²) in [5.41, 5.74) is 15.1. The van der Waals surface area contributed by atoms with E-state index in [4.69, 9.17) is 16.7 Å². The van der Waals surface area contributed by atoms with Gasteiger partial charge in [0.05, 0.1) is 5.69 Å². The summed E-state index contributed by atoms with van der Waals surface area (Å²) >= 11 is 3.56. The predicted octanol–water partition coefficient (Wildman–Crippen LogP) is 2.42. The molecular weight excluding hydrogens is 434 g/mol. The number of guanidine groups is 1. The van der Waals surface area contributed by atoms with E-state index in [1.54, 1.807) is 0 Å². The Morgan fingerprint density at radius 3 is 2.69 bits per heavy atom. The minimum atomic E-state index is -0.550. The van der Waals surface area contributed by atoms with Crippen molar-refractivity contribution in [3.8, 4) is 12.3 Å². The number of hydrogen-bond acceptors (Lipinski definition) is 9. The molecule has 0 bridgehead atoms. The lowest BCUT2D eigenvalue weighted by Gasteiger charge is -2.30. The third-order valence-corrected chi connectivity index (χ3v) is 5.58. The van der Waals surface area contributed by atoms with E-state index < -0.39 is 6.04 Å². The molecule has 10 heteroatoms. The maximum absolute atomic E-state index is 9.48. The zero-order valence-electron chi connectivity index (χ0n) is 15.4. The minimum Gasteiger partial charge on any atom is -0.397 e. The van der Waals surface area contributed by atoms with Gasteiger partial charge in [-0.15, -0.1) is 0 Å². The molecule has 1 aromatic heterocycles. The molecule has 6 N–H and O–H groups in total. The van der Waals surface area contributed by atoms with Crippen LogP contribution in [0.1, 0.15) is 35.6 Å². The zero-order valence-corrected chi connectivity index (χ0v) is 17.0. The second-order valence-corrected chi connectivity index (χ2v) is 7.71. The molecule has 1 atom stereocenters. The summed E-state index contributed by atoms with van der Waals surface area (Å²) in [6.07, 6.45) is 4.11. The van der Waals surface area contributed by atoms with Crippen molar-refractivity contribution in [1.82, 2.24) is 10.3 Å². The molecule has 3 heterocycles. The van der Waals surface area contributed by atoms with E-state index >= 15 is 0 Å². The molecule has 0 spiro atoms. The topological polar surface area (TPSA) is 152 Å². The van der Waals surface area contributed by atoms with E-state index in [9.17, 15) is 5.26 Å². The number of aliphatic imine (C=N–C) groups is 1. The number of nitrogens with zero attached hydrogens (tertiary/aromatic N) is 5. The highest BCUT2D eigenvalue weighted by Gasteiger charge is 2.32. The van der Waals surface area contributed by atoms with Crippen LogP contribution in [0, 0.1) is 22.8 Å². The van der Waals surface area contributed by atoms with Gasteiger partial charge in [-0.3, -0.25) is 5.32 Å². The van der Waals surface area contributed by atoms with E-state index in [0.29, 0.717) is 11.4 Å². The van der Waals surface area contributed by atoms with Gasteiger partial charge >= 0.3 is 0 Å². The first-order valence-corrected chi connectivity index (χ1v) is 9.86. The first-order valence-electron chi connectivity index (χ1n) is 9.06. The Morgan fingerprint density at radius 2 is 2.00 bits per heavy atom. The molecule has 9 nitrogen and oxygen atoms in total. The highest BCUT2D eigenvalue weighted by Crippen LogP contribution is 2.44. The number of nitriles is 2. The molecular formula is C19H18BrN9. The average molecular weight is 452 g/mol. The van der Waals surface area contributed by atoms with Gasteiger partial charge in [0.15, 0.2) is 6.19 Å². The smallest absolute Gasteiger partial charge is 0.211 e. The van der Waals surface area contributed by atoms with Gasteiger partial charge in [0.1, 0.15) is 29.3 Å². The lowest BCUT2D eigenvalue weighted by atomic mass is 9.93. The van der Waals surface area contributed by atoms with Crippen LogP contribution in [0.5, 0.6) is 0 Å². The van der Waals surface area contributed by atoms with Gasteiger partial charge in [0.25, 0.3) is 0 Å². The molecule has 0 aliphatic carbocycles. The van der Waals surface area contributed by atoms with E-state index in [1.165, 1.54) is 0 Å². The molecule has 0 radical (unpaired) electrons. The number of nitrogen functional groups attached to an aromatic ring is 2. The Bertz CT molecular complexity index is 1090. The number of nitrogens with two attached hydrogens (primary N) is 2. The molecule has 1 unspecified atom stereocenters. The third kappa shape index (κ3) is 3.28. The molecule has 2 aliphatic rings. The molecule has 2 aliphatic heterocycles. The molecule has 1 fully saturated rings. The van der Waals surface area contributed by atoms with Gasteiger partial charge < -0.3 is 21.7 Å². The lowest BCUT2D eigenvalue weighted by molar-refractivity contribution is 0.831. The molecule has 1 aromatic carbocycles. The summed E-state index contributed by atoms with van der Waals surface area (Å²) < 4.78 is 0.956. The number of aromatic nitrogens is 1. The van der Waals surface area contributed by atoms with Crippen molar-refractivity contribution >= 4 is 44.9 Å². The maximum Gasteiger partial charge on any atom is 0.211 e. The standard InChI is InChI=1S/C19H18BrN9/c20-10-3-4-11(13(7-10)29-5-1-2-6-29)16-14-15(23)12(8-21)17(24)27-18(14)28-19(26-16)25-9-22/h3-4,7,16H,1-2,5-6H2,(H6,23,24,25,26,27,28). The van der Waals surface area contributed by atoms with Crippen molar-refractivity contribution in [2.24, 2.45) is 4.99 Å². The summed E-state index contributed by atoms with van der Waals surface area (Å²) in [4.78, 5) is 11.3. The summed E-state index contributed by atoms with van der Waals surface area (Å²) in [6, 6.07) is 7.45. The first-order chi connectivity index (χ1) is 14.0. The van der Waals surface area contributed by atoms with Crippen LogP contribution in [0.3, 0.4) is 0 Å². The SMILES string of the molecule is N#CNC1=NC(c2ccc(Br)cc2N2CCCC2)c2c(nc(N)c(C#N)c2N)N1. The fraction of sp³-hybridized carbons (Fsp3) is 0.263. The normalized spacial score (nSPS) is 17.6. The summed E-state index contributed by atoms with van der Waals surface area (Å²) in [6.45, 7) is 1.90. The van der Waals surface area contributed by atoms with Crippen LogP contribution in [0.15, 0.2) is 27.7 Å². The van der Waals surface area contributed by atoms with Crippen molar-refractivity contribution < 1.29 is 0 Å². The van der Waals surface area contributed by atoms with Crippen LogP contribution >= 0.6 is 15.9 Å². The number of anilines is 4. The number of benzene rings is 1. The number of fused-ring (bicyclic) bond motifs is 1. The summed E-state index contributed by atoms with van der Waals surface area (Å²) in [7, 11) is 0. The van der Waals surface area contributed by atoms with Crippen LogP contribution in [0.25, 0.3) is 0 Å². The van der Waals surface area contributed by atoms with Crippen LogP contribution in [0.4, 0.5) is 23.0 Å². The highest BCUT2D eigenvalue weighted by atomic mass is 79.9.